The van der Waals surface area contributed by atoms with Crippen molar-refractivity contribution >= 4 is 16.6 Å². The summed E-state index contributed by atoms with van der Waals surface area (Å²) in [5.41, 5.74) is -0.109. The van der Waals surface area contributed by atoms with Gasteiger partial charge in [0.1, 0.15) is 0 Å². The number of hydrogen-bond acceptors (Lipinski definition) is 2. The first-order chi connectivity index (χ1) is 10.4. The van der Waals surface area contributed by atoms with Crippen LogP contribution in [-0.2, 0) is 6.18 Å². The third-order valence-electron chi connectivity index (χ3n) is 3.39. The molecule has 3 rings (SSSR count). The van der Waals surface area contributed by atoms with Gasteiger partial charge in [-0.1, -0.05) is 6.07 Å². The highest BCUT2D eigenvalue weighted by Gasteiger charge is 2.33. The molecule has 112 valence electrons. The summed E-state index contributed by atoms with van der Waals surface area (Å²) in [5, 5.41) is 11.9. The Morgan fingerprint density at radius 3 is 2.50 bits per heavy atom. The third kappa shape index (κ3) is 2.41. The Bertz CT molecular complexity index is 869. The van der Waals surface area contributed by atoms with E-state index in [-0.39, 0.29) is 5.56 Å². The standard InChI is InChI=1S/C15H9F3N2O2/c16-15(17,18)11-2-3-12(14(8-11)20(21)22)9-1-4-13-10(7-9)5-6-19-13/h1-8,19H. The van der Waals surface area contributed by atoms with Crippen molar-refractivity contribution in [2.45, 2.75) is 6.18 Å². The minimum Gasteiger partial charge on any atom is -0.361 e. The van der Waals surface area contributed by atoms with Crippen LogP contribution in [0.3, 0.4) is 0 Å². The summed E-state index contributed by atoms with van der Waals surface area (Å²) in [5.74, 6) is 0. The molecule has 4 nitrogen and oxygen atoms in total. The number of halogens is 3. The summed E-state index contributed by atoms with van der Waals surface area (Å²) in [7, 11) is 0. The summed E-state index contributed by atoms with van der Waals surface area (Å²) in [4.78, 5) is 13.3. The predicted octanol–water partition coefficient (Wildman–Crippen LogP) is 4.76. The van der Waals surface area contributed by atoms with E-state index in [9.17, 15) is 23.3 Å². The quantitative estimate of drug-likeness (QED) is 0.548. The summed E-state index contributed by atoms with van der Waals surface area (Å²) >= 11 is 0. The Kier molecular flexibility index (Phi) is 3.13. The maximum absolute atomic E-state index is 12.7. The van der Waals surface area contributed by atoms with Crippen LogP contribution in [0.2, 0.25) is 0 Å². The van der Waals surface area contributed by atoms with E-state index < -0.39 is 22.4 Å². The van der Waals surface area contributed by atoms with Crippen molar-refractivity contribution in [3.63, 3.8) is 0 Å². The molecule has 0 aliphatic rings. The minimum atomic E-state index is -4.62. The van der Waals surface area contributed by atoms with Crippen molar-refractivity contribution < 1.29 is 18.1 Å². The van der Waals surface area contributed by atoms with Gasteiger partial charge in [-0.25, -0.2) is 0 Å². The molecular formula is C15H9F3N2O2. The van der Waals surface area contributed by atoms with E-state index in [2.05, 4.69) is 4.98 Å². The van der Waals surface area contributed by atoms with Gasteiger partial charge in [0.05, 0.1) is 16.1 Å². The smallest absolute Gasteiger partial charge is 0.361 e. The number of hydrogen-bond donors (Lipinski definition) is 1. The fraction of sp³-hybridized carbons (Fsp3) is 0.0667. The molecule has 0 amide bonds. The van der Waals surface area contributed by atoms with Crippen molar-refractivity contribution in [3.8, 4) is 11.1 Å². The van der Waals surface area contributed by atoms with Crippen molar-refractivity contribution in [2.75, 3.05) is 0 Å². The van der Waals surface area contributed by atoms with Gasteiger partial charge in [0, 0.05) is 17.8 Å². The Morgan fingerprint density at radius 1 is 1.05 bits per heavy atom. The van der Waals surface area contributed by atoms with E-state index in [0.29, 0.717) is 11.6 Å². The van der Waals surface area contributed by atoms with Crippen LogP contribution >= 0.6 is 0 Å². The Hall–Kier alpha value is -2.83. The molecule has 3 aromatic rings. The molecule has 0 atom stereocenters. The average Bonchev–Trinajstić information content (AvgIpc) is 2.92. The number of benzene rings is 2. The van der Waals surface area contributed by atoms with Crippen molar-refractivity contribution in [1.29, 1.82) is 0 Å². The third-order valence-corrected chi connectivity index (χ3v) is 3.39. The molecule has 1 aromatic heterocycles. The zero-order valence-corrected chi connectivity index (χ0v) is 11.0. The summed E-state index contributed by atoms with van der Waals surface area (Å²) in [6.45, 7) is 0. The molecule has 0 spiro atoms. The minimum absolute atomic E-state index is 0.154. The lowest BCUT2D eigenvalue weighted by Crippen LogP contribution is -2.06. The van der Waals surface area contributed by atoms with E-state index in [4.69, 9.17) is 0 Å². The molecule has 0 bridgehead atoms. The molecule has 0 saturated carbocycles. The monoisotopic (exact) mass is 306 g/mol. The lowest BCUT2D eigenvalue weighted by molar-refractivity contribution is -0.384. The first-order valence-corrected chi connectivity index (χ1v) is 6.29. The van der Waals surface area contributed by atoms with Gasteiger partial charge in [-0.3, -0.25) is 10.1 Å². The summed E-state index contributed by atoms with van der Waals surface area (Å²) in [6.07, 6.45) is -2.90. The van der Waals surface area contributed by atoms with Crippen LogP contribution in [0.25, 0.3) is 22.0 Å². The van der Waals surface area contributed by atoms with E-state index in [1.165, 1.54) is 0 Å². The van der Waals surface area contributed by atoms with Gasteiger partial charge in [0.25, 0.3) is 5.69 Å². The number of nitro groups is 1. The van der Waals surface area contributed by atoms with Gasteiger partial charge in [-0.15, -0.1) is 0 Å². The highest BCUT2D eigenvalue weighted by atomic mass is 19.4. The Labute approximate surface area is 122 Å². The van der Waals surface area contributed by atoms with Crippen LogP contribution in [-0.4, -0.2) is 9.91 Å². The fourth-order valence-corrected chi connectivity index (χ4v) is 2.32. The Balaban J connectivity index is 2.18. The van der Waals surface area contributed by atoms with Crippen LogP contribution in [0.5, 0.6) is 0 Å². The van der Waals surface area contributed by atoms with Crippen LogP contribution in [0, 0.1) is 10.1 Å². The largest absolute Gasteiger partial charge is 0.416 e. The van der Waals surface area contributed by atoms with E-state index in [0.717, 1.165) is 23.0 Å². The maximum atomic E-state index is 12.7. The topological polar surface area (TPSA) is 58.9 Å². The number of rotatable bonds is 2. The SMILES string of the molecule is O=[N+]([O-])c1cc(C(F)(F)F)ccc1-c1ccc2[nH]ccc2c1. The second-order valence-electron chi connectivity index (χ2n) is 4.77. The van der Waals surface area contributed by atoms with Gasteiger partial charge in [-0.05, 0) is 41.3 Å². The second kappa shape index (κ2) is 4.87. The Morgan fingerprint density at radius 2 is 1.82 bits per heavy atom. The lowest BCUT2D eigenvalue weighted by Gasteiger charge is -2.09. The van der Waals surface area contributed by atoms with Gasteiger partial charge in [0.2, 0.25) is 0 Å². The molecule has 0 unspecified atom stereocenters. The molecule has 22 heavy (non-hydrogen) atoms. The van der Waals surface area contributed by atoms with E-state index in [1.54, 1.807) is 30.5 Å². The first-order valence-electron chi connectivity index (χ1n) is 6.29. The van der Waals surface area contributed by atoms with Crippen LogP contribution in [0.4, 0.5) is 18.9 Å². The molecule has 7 heteroatoms. The first kappa shape index (κ1) is 14.1. The highest BCUT2D eigenvalue weighted by molar-refractivity contribution is 5.87. The van der Waals surface area contributed by atoms with Crippen molar-refractivity contribution in [1.82, 2.24) is 4.98 Å². The second-order valence-corrected chi connectivity index (χ2v) is 4.77. The zero-order chi connectivity index (χ0) is 15.9. The average molecular weight is 306 g/mol. The van der Waals surface area contributed by atoms with Gasteiger partial charge in [0.15, 0.2) is 0 Å². The van der Waals surface area contributed by atoms with Gasteiger partial charge < -0.3 is 4.98 Å². The number of nitrogens with one attached hydrogen (secondary N) is 1. The normalized spacial score (nSPS) is 11.8. The number of H-pyrrole nitrogens is 1. The van der Waals surface area contributed by atoms with E-state index in [1.807, 2.05) is 0 Å². The number of aromatic nitrogens is 1. The lowest BCUT2D eigenvalue weighted by atomic mass is 10.00. The predicted molar refractivity (Wildman–Crippen MR) is 75.4 cm³/mol. The molecule has 2 aromatic carbocycles. The molecule has 0 saturated heterocycles. The van der Waals surface area contributed by atoms with Crippen molar-refractivity contribution in [2.24, 2.45) is 0 Å². The van der Waals surface area contributed by atoms with E-state index >= 15 is 0 Å². The van der Waals surface area contributed by atoms with Crippen LogP contribution < -0.4 is 0 Å². The zero-order valence-electron chi connectivity index (χ0n) is 11.0. The molecule has 1 heterocycles. The molecule has 0 fully saturated rings. The molecular weight excluding hydrogens is 297 g/mol. The van der Waals surface area contributed by atoms with Crippen LogP contribution in [0.1, 0.15) is 5.56 Å². The molecule has 0 aliphatic carbocycles. The fourth-order valence-electron chi connectivity index (χ4n) is 2.32. The highest BCUT2D eigenvalue weighted by Crippen LogP contribution is 2.37. The number of aromatic amines is 1. The number of fused-ring (bicyclic) bond motifs is 1. The molecule has 1 N–H and O–H groups in total. The maximum Gasteiger partial charge on any atom is 0.416 e. The number of nitro benzene ring substituents is 1. The summed E-state index contributed by atoms with van der Waals surface area (Å²) < 4.78 is 38.1. The number of alkyl halides is 3. The van der Waals surface area contributed by atoms with Crippen molar-refractivity contribution in [3.05, 3.63) is 64.3 Å². The van der Waals surface area contributed by atoms with Gasteiger partial charge in [-0.2, -0.15) is 13.2 Å². The molecule has 0 radical (unpaired) electrons. The number of nitrogens with zero attached hydrogens (tertiary/aromatic N) is 1. The van der Waals surface area contributed by atoms with Crippen LogP contribution in [0.15, 0.2) is 48.7 Å². The van der Waals surface area contributed by atoms with Gasteiger partial charge >= 0.3 is 6.18 Å². The molecule has 0 aliphatic heterocycles. The summed E-state index contributed by atoms with van der Waals surface area (Å²) in [6, 6.07) is 9.39.